The van der Waals surface area contributed by atoms with E-state index in [1.54, 1.807) is 0 Å². The summed E-state index contributed by atoms with van der Waals surface area (Å²) in [7, 11) is 0. The van der Waals surface area contributed by atoms with E-state index < -0.39 is 5.41 Å². The van der Waals surface area contributed by atoms with Gasteiger partial charge in [0.15, 0.2) is 0 Å². The second-order valence-corrected chi connectivity index (χ2v) is 12.8. The van der Waals surface area contributed by atoms with Gasteiger partial charge in [-0.05, 0) is 92.2 Å². The Balaban J connectivity index is 1.38. The van der Waals surface area contributed by atoms with Gasteiger partial charge in [0, 0.05) is 16.3 Å². The maximum absolute atomic E-state index is 13.5. The van der Waals surface area contributed by atoms with Gasteiger partial charge in [0.25, 0.3) is 0 Å². The van der Waals surface area contributed by atoms with Crippen molar-refractivity contribution in [1.82, 2.24) is 0 Å². The molecule has 4 aliphatic rings. The molecular weight excluding hydrogens is 452 g/mol. The Morgan fingerprint density at radius 2 is 1.74 bits per heavy atom. The van der Waals surface area contributed by atoms with Crippen molar-refractivity contribution in [3.05, 3.63) is 34.3 Å². The van der Waals surface area contributed by atoms with E-state index in [0.29, 0.717) is 24.2 Å². The molecule has 1 spiro atoms. The molecule has 0 amide bonds. The first-order chi connectivity index (χ1) is 14.6. The highest BCUT2D eigenvalue weighted by Crippen LogP contribution is 2.73. The molecule has 4 aliphatic carbocycles. The van der Waals surface area contributed by atoms with Crippen LogP contribution in [0.3, 0.4) is 0 Å². The number of ether oxygens (including phenoxy) is 1. The van der Waals surface area contributed by atoms with E-state index in [0.717, 1.165) is 61.4 Å². The zero-order valence-electron chi connectivity index (χ0n) is 19.1. The van der Waals surface area contributed by atoms with Gasteiger partial charge in [-0.25, -0.2) is 0 Å². The third-order valence-corrected chi connectivity index (χ3v) is 10.6. The second kappa shape index (κ2) is 7.17. The number of rotatable bonds is 3. The molecule has 168 valence electrons. The quantitative estimate of drug-likeness (QED) is 0.438. The van der Waals surface area contributed by atoms with E-state index in [4.69, 9.17) is 4.74 Å². The van der Waals surface area contributed by atoms with Crippen LogP contribution in [-0.4, -0.2) is 11.8 Å². The molecule has 2 bridgehead atoms. The van der Waals surface area contributed by atoms with E-state index in [1.807, 2.05) is 24.3 Å². The molecule has 0 aliphatic heterocycles. The molecule has 0 saturated heterocycles. The van der Waals surface area contributed by atoms with Gasteiger partial charge < -0.3 is 4.74 Å². The number of benzene rings is 1. The van der Waals surface area contributed by atoms with E-state index in [-0.39, 0.29) is 22.2 Å². The normalized spacial score (nSPS) is 43.8. The molecule has 1 aromatic carbocycles. The van der Waals surface area contributed by atoms with Gasteiger partial charge in [0.2, 0.25) is 0 Å². The Hall–Kier alpha value is -1.16. The molecule has 4 saturated carbocycles. The number of esters is 1. The topological polar surface area (TPSA) is 43.4 Å². The van der Waals surface area contributed by atoms with Crippen molar-refractivity contribution in [2.24, 2.45) is 33.5 Å². The molecule has 0 N–H and O–H groups in total. The smallest absolute Gasteiger partial charge is 0.312 e. The van der Waals surface area contributed by atoms with Crippen molar-refractivity contribution >= 4 is 27.7 Å². The highest BCUT2D eigenvalue weighted by Gasteiger charge is 2.68. The summed E-state index contributed by atoms with van der Waals surface area (Å²) in [5.74, 6) is 1.40. The van der Waals surface area contributed by atoms with Gasteiger partial charge in [-0.15, -0.1) is 0 Å². The molecule has 4 heteroatoms. The number of carbonyl (C=O) groups is 2. The Kier molecular flexibility index (Phi) is 5.01. The summed E-state index contributed by atoms with van der Waals surface area (Å²) < 4.78 is 6.96. The summed E-state index contributed by atoms with van der Waals surface area (Å²) in [5.41, 5.74) is 0.842. The van der Waals surface area contributed by atoms with E-state index in [1.165, 1.54) is 6.42 Å². The lowest BCUT2D eigenvalue weighted by molar-refractivity contribution is -0.188. The molecule has 6 atom stereocenters. The predicted molar refractivity (Wildman–Crippen MR) is 124 cm³/mol. The van der Waals surface area contributed by atoms with Crippen LogP contribution in [0.1, 0.15) is 84.1 Å². The van der Waals surface area contributed by atoms with Crippen molar-refractivity contribution in [1.29, 1.82) is 0 Å². The lowest BCUT2D eigenvalue weighted by atomic mass is 9.40. The van der Waals surface area contributed by atoms with Crippen LogP contribution in [-0.2, 0) is 20.9 Å². The van der Waals surface area contributed by atoms with Crippen molar-refractivity contribution in [2.75, 3.05) is 0 Å². The summed E-state index contributed by atoms with van der Waals surface area (Å²) in [6.07, 6.45) is 9.39. The molecule has 4 fully saturated rings. The Labute approximate surface area is 194 Å². The molecule has 0 aromatic heterocycles. The summed E-state index contributed by atoms with van der Waals surface area (Å²) in [4.78, 5) is 26.4. The fraction of sp³-hybridized carbons (Fsp3) is 0.704. The number of Topliss-reactive ketones (excluding diaryl/α,β-unsaturated/α-hetero) is 1. The highest BCUT2D eigenvalue weighted by atomic mass is 79.9. The number of carbonyl (C=O) groups excluding carboxylic acids is 2. The highest BCUT2D eigenvalue weighted by molar-refractivity contribution is 9.10. The second-order valence-electron chi connectivity index (χ2n) is 11.9. The predicted octanol–water partition coefficient (Wildman–Crippen LogP) is 6.86. The van der Waals surface area contributed by atoms with Gasteiger partial charge >= 0.3 is 5.97 Å². The van der Waals surface area contributed by atoms with Crippen LogP contribution in [0.15, 0.2) is 28.7 Å². The maximum atomic E-state index is 13.5. The summed E-state index contributed by atoms with van der Waals surface area (Å²) in [6, 6.07) is 7.99. The first-order valence-corrected chi connectivity index (χ1v) is 12.9. The molecule has 0 unspecified atom stereocenters. The molecule has 0 radical (unpaired) electrons. The Bertz CT molecular complexity index is 910. The largest absolute Gasteiger partial charge is 0.460 e. The van der Waals surface area contributed by atoms with Crippen LogP contribution in [0, 0.1) is 33.5 Å². The fourth-order valence-electron chi connectivity index (χ4n) is 8.64. The molecule has 0 heterocycles. The SMILES string of the molecule is C[C@@]12CC[C@@H]3[C@@](CC[C@H]4[C@@]3(C)CCC[C@@]4(C)C(=O)OCc3ccc(Br)cc3)(CC1=O)C2. The van der Waals surface area contributed by atoms with E-state index in [9.17, 15) is 9.59 Å². The zero-order chi connectivity index (χ0) is 22.1. The third kappa shape index (κ3) is 3.18. The average Bonchev–Trinajstić information content (AvgIpc) is 2.90. The Morgan fingerprint density at radius 1 is 1.03 bits per heavy atom. The van der Waals surface area contributed by atoms with Gasteiger partial charge in [-0.1, -0.05) is 48.3 Å². The minimum absolute atomic E-state index is 0.0227. The molecule has 5 rings (SSSR count). The number of halogens is 1. The van der Waals surface area contributed by atoms with E-state index >= 15 is 0 Å². The van der Waals surface area contributed by atoms with E-state index in [2.05, 4.69) is 36.7 Å². The summed E-state index contributed by atoms with van der Waals surface area (Å²) in [5, 5.41) is 0. The number of fused-ring (bicyclic) bond motifs is 3. The average molecular weight is 487 g/mol. The standard InChI is InChI=1S/C27H35BrO3/c1-24-13-9-21-25(2)11-4-12-26(3,20(25)10-14-27(21,17-24)15-22(24)29)23(30)31-16-18-5-7-19(28)8-6-18/h5-8,20-21H,4,9-17H2,1-3H3/t20-,21-,24-,25+,26+,27-/m0/s1. The minimum Gasteiger partial charge on any atom is -0.460 e. The molecule has 31 heavy (non-hydrogen) atoms. The number of hydrogen-bond acceptors (Lipinski definition) is 3. The summed E-state index contributed by atoms with van der Waals surface area (Å²) >= 11 is 3.46. The molecule has 1 aromatic rings. The number of hydrogen-bond donors (Lipinski definition) is 0. The molecule has 3 nitrogen and oxygen atoms in total. The maximum Gasteiger partial charge on any atom is 0.312 e. The summed E-state index contributed by atoms with van der Waals surface area (Å²) in [6.45, 7) is 7.17. The van der Waals surface area contributed by atoms with Gasteiger partial charge in [-0.3, -0.25) is 9.59 Å². The zero-order valence-corrected chi connectivity index (χ0v) is 20.7. The first kappa shape index (κ1) is 21.7. The van der Waals surface area contributed by atoms with Crippen LogP contribution in [0.4, 0.5) is 0 Å². The minimum atomic E-state index is -0.423. The Morgan fingerprint density at radius 3 is 2.48 bits per heavy atom. The first-order valence-electron chi connectivity index (χ1n) is 12.1. The monoisotopic (exact) mass is 486 g/mol. The number of ketones is 1. The lowest BCUT2D eigenvalue weighted by Crippen LogP contribution is -2.58. The van der Waals surface area contributed by atoms with Gasteiger partial charge in [-0.2, -0.15) is 0 Å². The van der Waals surface area contributed by atoms with Gasteiger partial charge in [0.05, 0.1) is 5.41 Å². The van der Waals surface area contributed by atoms with Crippen LogP contribution >= 0.6 is 15.9 Å². The van der Waals surface area contributed by atoms with Crippen LogP contribution in [0.25, 0.3) is 0 Å². The lowest BCUT2D eigenvalue weighted by Gasteiger charge is -2.63. The van der Waals surface area contributed by atoms with Crippen molar-refractivity contribution in [3.8, 4) is 0 Å². The fourth-order valence-corrected chi connectivity index (χ4v) is 8.91. The van der Waals surface area contributed by atoms with Crippen LogP contribution in [0.5, 0.6) is 0 Å². The van der Waals surface area contributed by atoms with Crippen molar-refractivity contribution in [2.45, 2.75) is 85.2 Å². The third-order valence-electron chi connectivity index (χ3n) is 10.1. The van der Waals surface area contributed by atoms with Gasteiger partial charge in [0.1, 0.15) is 12.4 Å². The van der Waals surface area contributed by atoms with Crippen molar-refractivity contribution < 1.29 is 14.3 Å². The van der Waals surface area contributed by atoms with Crippen LogP contribution in [0.2, 0.25) is 0 Å². The van der Waals surface area contributed by atoms with Crippen LogP contribution < -0.4 is 0 Å². The van der Waals surface area contributed by atoms with Crippen molar-refractivity contribution in [3.63, 3.8) is 0 Å². The molecular formula is C27H35BrO3.